The lowest BCUT2D eigenvalue weighted by molar-refractivity contribution is -0.123. The molecule has 1 amide bonds. The van der Waals surface area contributed by atoms with Crippen molar-refractivity contribution in [2.24, 2.45) is 5.73 Å². The number of rotatable bonds is 5. The van der Waals surface area contributed by atoms with E-state index < -0.39 is 5.54 Å². The van der Waals surface area contributed by atoms with E-state index in [4.69, 9.17) is 5.73 Å². The predicted octanol–water partition coefficient (Wildman–Crippen LogP) is 1.92. The van der Waals surface area contributed by atoms with Crippen molar-refractivity contribution in [3.63, 3.8) is 0 Å². The Morgan fingerprint density at radius 2 is 1.94 bits per heavy atom. The van der Waals surface area contributed by atoms with Crippen LogP contribution in [-0.4, -0.2) is 11.4 Å². The first-order valence-electron chi connectivity index (χ1n) is 6.13. The maximum atomic E-state index is 11.2. The monoisotopic (exact) mass is 232 g/mol. The first-order valence-corrected chi connectivity index (χ1v) is 6.13. The van der Waals surface area contributed by atoms with Gasteiger partial charge in [-0.25, -0.2) is 0 Å². The fourth-order valence-electron chi connectivity index (χ4n) is 1.73. The molecule has 1 aromatic carbocycles. The second kappa shape index (κ2) is 4.49. The topological polar surface area (TPSA) is 55.1 Å². The summed E-state index contributed by atoms with van der Waals surface area (Å²) in [5.41, 5.74) is 7.26. The van der Waals surface area contributed by atoms with Crippen molar-refractivity contribution in [1.29, 1.82) is 0 Å². The summed E-state index contributed by atoms with van der Waals surface area (Å²) in [7, 11) is 0. The van der Waals surface area contributed by atoms with Crippen molar-refractivity contribution in [1.82, 2.24) is 5.32 Å². The van der Waals surface area contributed by atoms with Crippen LogP contribution < -0.4 is 11.1 Å². The van der Waals surface area contributed by atoms with Gasteiger partial charge in [0.25, 0.3) is 0 Å². The molecule has 2 rings (SSSR count). The van der Waals surface area contributed by atoms with E-state index in [2.05, 4.69) is 29.6 Å². The predicted molar refractivity (Wildman–Crippen MR) is 68.5 cm³/mol. The van der Waals surface area contributed by atoms with Gasteiger partial charge in [-0.1, -0.05) is 24.3 Å². The number of benzene rings is 1. The average molecular weight is 232 g/mol. The number of nitrogens with two attached hydrogens (primary N) is 1. The summed E-state index contributed by atoms with van der Waals surface area (Å²) in [5, 5.41) is 3.16. The molecule has 0 aromatic heterocycles. The van der Waals surface area contributed by atoms with Crippen LogP contribution in [0.4, 0.5) is 0 Å². The molecule has 1 fully saturated rings. The molecule has 0 saturated heterocycles. The van der Waals surface area contributed by atoms with Gasteiger partial charge in [0, 0.05) is 6.54 Å². The summed E-state index contributed by atoms with van der Waals surface area (Å²) in [6.07, 6.45) is 2.65. The third kappa shape index (κ3) is 3.07. The molecule has 17 heavy (non-hydrogen) atoms. The van der Waals surface area contributed by atoms with Crippen molar-refractivity contribution in [3.8, 4) is 0 Å². The van der Waals surface area contributed by atoms with Crippen LogP contribution in [0.3, 0.4) is 0 Å². The Balaban J connectivity index is 1.92. The van der Waals surface area contributed by atoms with Crippen molar-refractivity contribution >= 4 is 5.91 Å². The molecule has 1 aliphatic rings. The second-order valence-corrected chi connectivity index (χ2v) is 5.36. The Labute approximate surface area is 102 Å². The minimum Gasteiger partial charge on any atom is -0.368 e. The number of primary amides is 1. The zero-order valence-corrected chi connectivity index (χ0v) is 10.5. The van der Waals surface area contributed by atoms with Crippen LogP contribution in [0.2, 0.25) is 0 Å². The first-order chi connectivity index (χ1) is 7.99. The fourth-order valence-corrected chi connectivity index (χ4v) is 1.73. The smallest absolute Gasteiger partial charge is 0.237 e. The van der Waals surface area contributed by atoms with E-state index in [9.17, 15) is 4.79 Å². The van der Waals surface area contributed by atoms with Crippen LogP contribution in [0.15, 0.2) is 24.3 Å². The Kier molecular flexibility index (Phi) is 3.20. The number of carbonyl (C=O) groups excluding carboxylic acids is 1. The number of hydrogen-bond donors (Lipinski definition) is 2. The van der Waals surface area contributed by atoms with Crippen LogP contribution in [0.25, 0.3) is 0 Å². The highest BCUT2D eigenvalue weighted by molar-refractivity contribution is 5.83. The van der Waals surface area contributed by atoms with Crippen molar-refractivity contribution in [2.45, 2.75) is 44.7 Å². The Hall–Kier alpha value is -1.35. The molecule has 1 aromatic rings. The summed E-state index contributed by atoms with van der Waals surface area (Å²) in [4.78, 5) is 11.2. The van der Waals surface area contributed by atoms with E-state index in [1.165, 1.54) is 24.0 Å². The summed E-state index contributed by atoms with van der Waals surface area (Å²) in [6, 6.07) is 8.62. The van der Waals surface area contributed by atoms with Gasteiger partial charge < -0.3 is 5.73 Å². The number of amides is 1. The van der Waals surface area contributed by atoms with Crippen molar-refractivity contribution in [3.05, 3.63) is 35.4 Å². The van der Waals surface area contributed by atoms with E-state index in [-0.39, 0.29) is 5.91 Å². The number of carbonyl (C=O) groups is 1. The van der Waals surface area contributed by atoms with E-state index in [1.807, 2.05) is 0 Å². The van der Waals surface area contributed by atoms with Crippen LogP contribution in [-0.2, 0) is 11.3 Å². The highest BCUT2D eigenvalue weighted by atomic mass is 16.1. The molecule has 0 atom stereocenters. The molecule has 0 unspecified atom stereocenters. The molecule has 3 nitrogen and oxygen atoms in total. The van der Waals surface area contributed by atoms with Gasteiger partial charge in [-0.2, -0.15) is 0 Å². The molecular weight excluding hydrogens is 212 g/mol. The summed E-state index contributed by atoms with van der Waals surface area (Å²) >= 11 is 0. The first kappa shape index (κ1) is 12.1. The Morgan fingerprint density at radius 3 is 2.41 bits per heavy atom. The minimum absolute atomic E-state index is 0.327. The third-order valence-corrected chi connectivity index (χ3v) is 3.38. The van der Waals surface area contributed by atoms with E-state index in [0.717, 1.165) is 5.92 Å². The van der Waals surface area contributed by atoms with E-state index >= 15 is 0 Å². The molecule has 1 aliphatic carbocycles. The third-order valence-electron chi connectivity index (χ3n) is 3.38. The standard InChI is InChI=1S/C14H20N2O/c1-14(2,13(15)17)16-9-10-3-5-11(6-4-10)12-7-8-12/h3-6,12,16H,7-9H2,1-2H3,(H2,15,17). The highest BCUT2D eigenvalue weighted by Gasteiger charge is 2.24. The lowest BCUT2D eigenvalue weighted by atomic mass is 10.0. The van der Waals surface area contributed by atoms with Gasteiger partial charge in [-0.15, -0.1) is 0 Å². The normalized spacial score (nSPS) is 15.9. The number of nitrogens with one attached hydrogen (secondary N) is 1. The minimum atomic E-state index is -0.658. The summed E-state index contributed by atoms with van der Waals surface area (Å²) in [6.45, 7) is 4.27. The van der Waals surface area contributed by atoms with Gasteiger partial charge >= 0.3 is 0 Å². The molecule has 0 spiro atoms. The van der Waals surface area contributed by atoms with E-state index in [0.29, 0.717) is 6.54 Å². The van der Waals surface area contributed by atoms with Crippen molar-refractivity contribution < 1.29 is 4.79 Å². The lowest BCUT2D eigenvalue weighted by Crippen LogP contribution is -2.50. The van der Waals surface area contributed by atoms with Gasteiger partial charge in [-0.05, 0) is 43.7 Å². The van der Waals surface area contributed by atoms with Gasteiger partial charge in [0.2, 0.25) is 5.91 Å². The SMILES string of the molecule is CC(C)(NCc1ccc(C2CC2)cc1)C(N)=O. The van der Waals surface area contributed by atoms with Crippen LogP contribution >= 0.6 is 0 Å². The molecule has 0 aliphatic heterocycles. The van der Waals surface area contributed by atoms with Crippen LogP contribution in [0.1, 0.15) is 43.7 Å². The zero-order chi connectivity index (χ0) is 12.5. The molecule has 0 heterocycles. The van der Waals surface area contributed by atoms with Gasteiger partial charge in [0.1, 0.15) is 0 Å². The van der Waals surface area contributed by atoms with Crippen LogP contribution in [0, 0.1) is 0 Å². The quantitative estimate of drug-likeness (QED) is 0.815. The summed E-state index contributed by atoms with van der Waals surface area (Å²) < 4.78 is 0. The van der Waals surface area contributed by atoms with Gasteiger partial charge in [0.15, 0.2) is 0 Å². The zero-order valence-electron chi connectivity index (χ0n) is 10.5. The molecule has 1 saturated carbocycles. The molecule has 3 heteroatoms. The second-order valence-electron chi connectivity index (χ2n) is 5.36. The Bertz CT molecular complexity index is 405. The molecule has 3 N–H and O–H groups in total. The van der Waals surface area contributed by atoms with E-state index in [1.54, 1.807) is 13.8 Å². The van der Waals surface area contributed by atoms with Crippen LogP contribution in [0.5, 0.6) is 0 Å². The van der Waals surface area contributed by atoms with Gasteiger partial charge in [-0.3, -0.25) is 10.1 Å². The maximum Gasteiger partial charge on any atom is 0.237 e. The Morgan fingerprint density at radius 1 is 1.35 bits per heavy atom. The summed E-state index contributed by atoms with van der Waals surface area (Å²) in [5.74, 6) is 0.464. The average Bonchev–Trinajstić information content (AvgIpc) is 3.11. The largest absolute Gasteiger partial charge is 0.368 e. The lowest BCUT2D eigenvalue weighted by Gasteiger charge is -2.22. The molecule has 0 bridgehead atoms. The van der Waals surface area contributed by atoms with Gasteiger partial charge in [0.05, 0.1) is 5.54 Å². The number of hydrogen-bond acceptors (Lipinski definition) is 2. The van der Waals surface area contributed by atoms with Crippen molar-refractivity contribution in [2.75, 3.05) is 0 Å². The highest BCUT2D eigenvalue weighted by Crippen LogP contribution is 2.39. The maximum absolute atomic E-state index is 11.2. The molecule has 0 radical (unpaired) electrons. The molecular formula is C14H20N2O. The molecule has 92 valence electrons. The fraction of sp³-hybridized carbons (Fsp3) is 0.500.